The molecule has 0 saturated heterocycles. The first kappa shape index (κ1) is 14.9. The topological polar surface area (TPSA) is 46.2 Å². The fraction of sp³-hybridized carbons (Fsp3) is 0.0769. The molecule has 0 heterocycles. The van der Waals surface area contributed by atoms with Crippen LogP contribution >= 0.6 is 15.9 Å². The maximum absolute atomic E-state index is 13.5. The van der Waals surface area contributed by atoms with E-state index in [1.54, 1.807) is 19.1 Å². The number of rotatable bonds is 3. The van der Waals surface area contributed by atoms with Gasteiger partial charge in [0.05, 0.1) is 10.6 Å². The van der Waals surface area contributed by atoms with Crippen molar-refractivity contribution in [2.24, 2.45) is 0 Å². The number of aryl methyl sites for hydroxylation is 1. The second kappa shape index (κ2) is 5.49. The number of anilines is 1. The fourth-order valence-electron chi connectivity index (χ4n) is 1.65. The smallest absolute Gasteiger partial charge is 0.262 e. The van der Waals surface area contributed by atoms with Crippen molar-refractivity contribution in [3.63, 3.8) is 0 Å². The summed E-state index contributed by atoms with van der Waals surface area (Å²) in [6, 6.07) is 8.00. The molecular formula is C13H10BrF2NO2S. The quantitative estimate of drug-likeness (QED) is 0.902. The molecule has 0 amide bonds. The van der Waals surface area contributed by atoms with E-state index in [4.69, 9.17) is 0 Å². The van der Waals surface area contributed by atoms with E-state index in [0.29, 0.717) is 10.0 Å². The normalized spacial score (nSPS) is 11.4. The Hall–Kier alpha value is -1.47. The highest BCUT2D eigenvalue weighted by atomic mass is 79.9. The zero-order valence-electron chi connectivity index (χ0n) is 10.3. The van der Waals surface area contributed by atoms with Gasteiger partial charge in [-0.25, -0.2) is 17.2 Å². The van der Waals surface area contributed by atoms with Crippen molar-refractivity contribution >= 4 is 31.6 Å². The van der Waals surface area contributed by atoms with Gasteiger partial charge in [-0.3, -0.25) is 4.72 Å². The summed E-state index contributed by atoms with van der Waals surface area (Å²) in [5.41, 5.74) is 0.0712. The zero-order valence-corrected chi connectivity index (χ0v) is 12.7. The van der Waals surface area contributed by atoms with Crippen molar-refractivity contribution in [2.45, 2.75) is 11.8 Å². The van der Waals surface area contributed by atoms with Gasteiger partial charge < -0.3 is 0 Å². The SMILES string of the molecule is Cc1ccc(Br)cc1S(=O)(=O)Nc1cccc(F)c1F. The summed E-state index contributed by atoms with van der Waals surface area (Å²) in [7, 11) is -3.99. The predicted octanol–water partition coefficient (Wildman–Crippen LogP) is 3.84. The summed E-state index contributed by atoms with van der Waals surface area (Å²) < 4.78 is 53.7. The molecule has 0 fully saturated rings. The number of nitrogens with one attached hydrogen (secondary N) is 1. The third-order valence-corrected chi connectivity index (χ3v) is 4.64. The van der Waals surface area contributed by atoms with Gasteiger partial charge in [0, 0.05) is 4.47 Å². The van der Waals surface area contributed by atoms with E-state index >= 15 is 0 Å². The molecule has 0 aliphatic rings. The van der Waals surface area contributed by atoms with Crippen LogP contribution < -0.4 is 4.72 Å². The average Bonchev–Trinajstić information content (AvgIpc) is 2.37. The summed E-state index contributed by atoms with van der Waals surface area (Å²) in [4.78, 5) is -0.00413. The Balaban J connectivity index is 2.46. The Morgan fingerprint density at radius 1 is 1.15 bits per heavy atom. The van der Waals surface area contributed by atoms with E-state index < -0.39 is 27.3 Å². The predicted molar refractivity (Wildman–Crippen MR) is 76.0 cm³/mol. The van der Waals surface area contributed by atoms with Crippen LogP contribution in [-0.2, 0) is 10.0 Å². The number of hydrogen-bond acceptors (Lipinski definition) is 2. The van der Waals surface area contributed by atoms with Crippen molar-refractivity contribution in [2.75, 3.05) is 4.72 Å². The van der Waals surface area contributed by atoms with Gasteiger partial charge >= 0.3 is 0 Å². The molecule has 2 aromatic rings. The molecule has 0 unspecified atom stereocenters. The molecule has 0 aliphatic carbocycles. The van der Waals surface area contributed by atoms with Gasteiger partial charge in [0.25, 0.3) is 10.0 Å². The van der Waals surface area contributed by atoms with Gasteiger partial charge in [-0.1, -0.05) is 28.1 Å². The summed E-state index contributed by atoms with van der Waals surface area (Å²) in [5.74, 6) is -2.35. The lowest BCUT2D eigenvalue weighted by molar-refractivity contribution is 0.511. The largest absolute Gasteiger partial charge is 0.277 e. The highest BCUT2D eigenvalue weighted by molar-refractivity contribution is 9.10. The highest BCUT2D eigenvalue weighted by Gasteiger charge is 2.20. The van der Waals surface area contributed by atoms with E-state index in [1.165, 1.54) is 12.1 Å². The molecule has 20 heavy (non-hydrogen) atoms. The van der Waals surface area contributed by atoms with Crippen LogP contribution in [0, 0.1) is 18.6 Å². The number of halogens is 3. The van der Waals surface area contributed by atoms with Crippen LogP contribution in [0.5, 0.6) is 0 Å². The van der Waals surface area contributed by atoms with Crippen LogP contribution in [0.3, 0.4) is 0 Å². The number of sulfonamides is 1. The van der Waals surface area contributed by atoms with Crippen LogP contribution in [0.2, 0.25) is 0 Å². The van der Waals surface area contributed by atoms with Crippen molar-refractivity contribution in [3.05, 3.63) is 58.1 Å². The van der Waals surface area contributed by atoms with E-state index in [0.717, 1.165) is 12.1 Å². The van der Waals surface area contributed by atoms with Crippen molar-refractivity contribution < 1.29 is 17.2 Å². The monoisotopic (exact) mass is 361 g/mol. The second-order valence-electron chi connectivity index (χ2n) is 4.12. The number of benzene rings is 2. The molecule has 1 N–H and O–H groups in total. The second-order valence-corrected chi connectivity index (χ2v) is 6.68. The van der Waals surface area contributed by atoms with Gasteiger partial charge in [-0.05, 0) is 36.8 Å². The minimum Gasteiger partial charge on any atom is -0.277 e. The molecule has 0 radical (unpaired) electrons. The third kappa shape index (κ3) is 2.99. The van der Waals surface area contributed by atoms with Crippen LogP contribution in [0.1, 0.15) is 5.56 Å². The molecule has 0 spiro atoms. The van der Waals surface area contributed by atoms with Crippen LogP contribution in [-0.4, -0.2) is 8.42 Å². The lowest BCUT2D eigenvalue weighted by Gasteiger charge is -2.11. The maximum Gasteiger partial charge on any atom is 0.262 e. The Morgan fingerprint density at radius 3 is 2.55 bits per heavy atom. The van der Waals surface area contributed by atoms with Crippen LogP contribution in [0.15, 0.2) is 45.8 Å². The Labute approximate surface area is 123 Å². The van der Waals surface area contributed by atoms with Crippen molar-refractivity contribution in [1.82, 2.24) is 0 Å². The molecule has 2 aromatic carbocycles. The van der Waals surface area contributed by atoms with Crippen molar-refractivity contribution in [1.29, 1.82) is 0 Å². The van der Waals surface area contributed by atoms with Gasteiger partial charge in [-0.2, -0.15) is 0 Å². The minimum atomic E-state index is -3.99. The van der Waals surface area contributed by atoms with E-state index in [-0.39, 0.29) is 4.90 Å². The minimum absolute atomic E-state index is 0.00413. The Bertz CT molecular complexity index is 763. The van der Waals surface area contributed by atoms with E-state index in [1.807, 2.05) is 4.72 Å². The van der Waals surface area contributed by atoms with Gasteiger partial charge in [0.2, 0.25) is 0 Å². The lowest BCUT2D eigenvalue weighted by Crippen LogP contribution is -2.15. The van der Waals surface area contributed by atoms with Crippen molar-refractivity contribution in [3.8, 4) is 0 Å². The molecule has 0 bridgehead atoms. The Kier molecular flexibility index (Phi) is 4.10. The molecule has 0 atom stereocenters. The molecule has 0 aliphatic heterocycles. The summed E-state index contributed by atoms with van der Waals surface area (Å²) in [5, 5.41) is 0. The maximum atomic E-state index is 13.5. The highest BCUT2D eigenvalue weighted by Crippen LogP contribution is 2.25. The van der Waals surface area contributed by atoms with Gasteiger partial charge in [0.15, 0.2) is 11.6 Å². The molecule has 7 heteroatoms. The van der Waals surface area contributed by atoms with Gasteiger partial charge in [-0.15, -0.1) is 0 Å². The first-order chi connectivity index (χ1) is 9.31. The van der Waals surface area contributed by atoms with Crippen LogP contribution in [0.25, 0.3) is 0 Å². The molecule has 0 aromatic heterocycles. The summed E-state index contributed by atoms with van der Waals surface area (Å²) in [6.45, 7) is 1.61. The summed E-state index contributed by atoms with van der Waals surface area (Å²) >= 11 is 3.17. The molecule has 2 rings (SSSR count). The van der Waals surface area contributed by atoms with Crippen LogP contribution in [0.4, 0.5) is 14.5 Å². The summed E-state index contributed by atoms with van der Waals surface area (Å²) in [6.07, 6.45) is 0. The Morgan fingerprint density at radius 2 is 1.85 bits per heavy atom. The van der Waals surface area contributed by atoms with E-state index in [9.17, 15) is 17.2 Å². The fourth-order valence-corrected chi connectivity index (χ4v) is 3.49. The average molecular weight is 362 g/mol. The molecule has 3 nitrogen and oxygen atoms in total. The van der Waals surface area contributed by atoms with Gasteiger partial charge in [0.1, 0.15) is 0 Å². The number of hydrogen-bond donors (Lipinski definition) is 1. The first-order valence-corrected chi connectivity index (χ1v) is 7.82. The molecule has 106 valence electrons. The molecule has 0 saturated carbocycles. The molecular weight excluding hydrogens is 352 g/mol. The standard InChI is InChI=1S/C13H10BrF2NO2S/c1-8-5-6-9(14)7-12(8)20(18,19)17-11-4-2-3-10(15)13(11)16/h2-7,17H,1H3. The zero-order chi connectivity index (χ0) is 14.9. The lowest BCUT2D eigenvalue weighted by atomic mass is 10.2. The first-order valence-electron chi connectivity index (χ1n) is 5.54. The third-order valence-electron chi connectivity index (χ3n) is 2.64. The van der Waals surface area contributed by atoms with E-state index in [2.05, 4.69) is 15.9 Å².